The van der Waals surface area contributed by atoms with E-state index in [-0.39, 0.29) is 17.7 Å². The molecule has 3 rings (SSSR count). The number of carbonyl (C=O) groups is 2. The zero-order chi connectivity index (χ0) is 14.7. The van der Waals surface area contributed by atoms with Crippen LogP contribution in [-0.4, -0.2) is 57.7 Å². The van der Waals surface area contributed by atoms with Gasteiger partial charge in [0.05, 0.1) is 5.92 Å². The van der Waals surface area contributed by atoms with E-state index in [1.807, 2.05) is 28.8 Å². The molecule has 0 aromatic carbocycles. The van der Waals surface area contributed by atoms with Crippen LogP contribution >= 0.6 is 11.8 Å². The fourth-order valence-electron chi connectivity index (χ4n) is 2.84. The summed E-state index contributed by atoms with van der Waals surface area (Å²) in [4.78, 5) is 32.3. The van der Waals surface area contributed by atoms with Crippen molar-refractivity contribution >= 4 is 23.6 Å². The second-order valence-corrected chi connectivity index (χ2v) is 6.69. The Kier molecular flexibility index (Phi) is 4.43. The van der Waals surface area contributed by atoms with E-state index in [0.717, 1.165) is 30.2 Å². The summed E-state index contributed by atoms with van der Waals surface area (Å²) in [5.74, 6) is 2.08. The smallest absolute Gasteiger partial charge is 0.228 e. The van der Waals surface area contributed by atoms with E-state index in [4.69, 9.17) is 0 Å². The van der Waals surface area contributed by atoms with E-state index in [2.05, 4.69) is 4.98 Å². The number of hydrogen-bond donors (Lipinski definition) is 0. The molecule has 5 nitrogen and oxygen atoms in total. The van der Waals surface area contributed by atoms with Crippen molar-refractivity contribution < 1.29 is 9.59 Å². The molecule has 1 aromatic heterocycles. The highest BCUT2D eigenvalue weighted by molar-refractivity contribution is 7.99. The van der Waals surface area contributed by atoms with Gasteiger partial charge in [0.25, 0.3) is 0 Å². The summed E-state index contributed by atoms with van der Waals surface area (Å²) in [6.45, 7) is 2.75. The highest BCUT2D eigenvalue weighted by Gasteiger charge is 2.36. The molecule has 2 aliphatic rings. The topological polar surface area (TPSA) is 53.5 Å². The molecule has 112 valence electrons. The van der Waals surface area contributed by atoms with E-state index in [9.17, 15) is 9.59 Å². The first-order valence-electron chi connectivity index (χ1n) is 7.27. The van der Waals surface area contributed by atoms with Gasteiger partial charge in [-0.1, -0.05) is 0 Å². The number of nitrogens with zero attached hydrogens (tertiary/aromatic N) is 3. The molecular formula is C15H19N3O2S. The molecule has 0 bridgehead atoms. The van der Waals surface area contributed by atoms with E-state index in [0.29, 0.717) is 19.5 Å². The van der Waals surface area contributed by atoms with Crippen LogP contribution in [0.3, 0.4) is 0 Å². The predicted molar refractivity (Wildman–Crippen MR) is 81.7 cm³/mol. The van der Waals surface area contributed by atoms with E-state index in [1.165, 1.54) is 0 Å². The SMILES string of the molecule is O=C1C[C@H](C(=O)N2CCSCC2)CN1Cc1ccncc1. The third kappa shape index (κ3) is 3.37. The standard InChI is InChI=1S/C15H19N3O2S/c19-14-9-13(15(20)17-5-7-21-8-6-17)11-18(14)10-12-1-3-16-4-2-12/h1-4,13H,5-11H2/t13-/m0/s1. The van der Waals surface area contributed by atoms with Crippen molar-refractivity contribution in [1.29, 1.82) is 0 Å². The van der Waals surface area contributed by atoms with Crippen LogP contribution in [-0.2, 0) is 16.1 Å². The van der Waals surface area contributed by atoms with Crippen molar-refractivity contribution in [3.8, 4) is 0 Å². The van der Waals surface area contributed by atoms with Gasteiger partial charge >= 0.3 is 0 Å². The van der Waals surface area contributed by atoms with Crippen molar-refractivity contribution in [3.63, 3.8) is 0 Å². The van der Waals surface area contributed by atoms with Gasteiger partial charge in [-0.3, -0.25) is 14.6 Å². The van der Waals surface area contributed by atoms with Crippen molar-refractivity contribution in [2.75, 3.05) is 31.1 Å². The summed E-state index contributed by atoms with van der Waals surface area (Å²) >= 11 is 1.88. The highest BCUT2D eigenvalue weighted by Crippen LogP contribution is 2.23. The lowest BCUT2D eigenvalue weighted by molar-refractivity contribution is -0.135. The summed E-state index contributed by atoms with van der Waals surface area (Å²) in [6, 6.07) is 3.81. The molecule has 3 heterocycles. The Hall–Kier alpha value is -1.56. The van der Waals surface area contributed by atoms with Gasteiger partial charge in [-0.2, -0.15) is 11.8 Å². The molecule has 0 aliphatic carbocycles. The molecule has 1 atom stereocenters. The normalized spacial score (nSPS) is 22.7. The number of carbonyl (C=O) groups excluding carboxylic acids is 2. The molecule has 0 unspecified atom stereocenters. The molecule has 2 saturated heterocycles. The third-order valence-corrected chi connectivity index (χ3v) is 4.95. The van der Waals surface area contributed by atoms with Crippen LogP contribution < -0.4 is 0 Å². The molecule has 2 amide bonds. The van der Waals surface area contributed by atoms with Crippen LogP contribution in [0.4, 0.5) is 0 Å². The highest BCUT2D eigenvalue weighted by atomic mass is 32.2. The molecule has 0 spiro atoms. The molecule has 0 saturated carbocycles. The number of thioether (sulfide) groups is 1. The van der Waals surface area contributed by atoms with Gasteiger partial charge in [-0.15, -0.1) is 0 Å². The Bertz CT molecular complexity index is 517. The Morgan fingerprint density at radius 1 is 1.29 bits per heavy atom. The number of pyridine rings is 1. The van der Waals surface area contributed by atoms with Crippen LogP contribution in [0.25, 0.3) is 0 Å². The van der Waals surface area contributed by atoms with E-state index in [1.54, 1.807) is 17.3 Å². The average Bonchev–Trinajstić information content (AvgIpc) is 2.89. The maximum absolute atomic E-state index is 12.5. The fraction of sp³-hybridized carbons (Fsp3) is 0.533. The summed E-state index contributed by atoms with van der Waals surface area (Å²) in [5.41, 5.74) is 1.06. The monoisotopic (exact) mass is 305 g/mol. The van der Waals surface area contributed by atoms with E-state index < -0.39 is 0 Å². The number of rotatable bonds is 3. The lowest BCUT2D eigenvalue weighted by Crippen LogP contribution is -2.42. The largest absolute Gasteiger partial charge is 0.341 e. The molecule has 1 aromatic rings. The van der Waals surface area contributed by atoms with E-state index >= 15 is 0 Å². The Labute approximate surface area is 128 Å². The van der Waals surface area contributed by atoms with Gasteiger partial charge in [-0.05, 0) is 17.7 Å². The number of likely N-dealkylation sites (tertiary alicyclic amines) is 1. The van der Waals surface area contributed by atoms with Crippen LogP contribution in [0, 0.1) is 5.92 Å². The average molecular weight is 305 g/mol. The molecule has 0 N–H and O–H groups in total. The maximum atomic E-state index is 12.5. The zero-order valence-corrected chi connectivity index (χ0v) is 12.7. The minimum absolute atomic E-state index is 0.0801. The van der Waals surface area contributed by atoms with Gasteiger partial charge in [0.2, 0.25) is 11.8 Å². The fourth-order valence-corrected chi connectivity index (χ4v) is 3.74. The third-order valence-electron chi connectivity index (χ3n) is 4.01. The van der Waals surface area contributed by atoms with Crippen LogP contribution in [0.2, 0.25) is 0 Å². The van der Waals surface area contributed by atoms with Gasteiger partial charge in [0.1, 0.15) is 0 Å². The second-order valence-electron chi connectivity index (χ2n) is 5.47. The minimum Gasteiger partial charge on any atom is -0.341 e. The Balaban J connectivity index is 1.60. The quantitative estimate of drug-likeness (QED) is 0.836. The Morgan fingerprint density at radius 2 is 2.00 bits per heavy atom. The second kappa shape index (κ2) is 6.47. The molecule has 21 heavy (non-hydrogen) atoms. The molecule has 0 radical (unpaired) electrons. The molecule has 6 heteroatoms. The number of hydrogen-bond acceptors (Lipinski definition) is 4. The summed E-state index contributed by atoms with van der Waals surface area (Å²) < 4.78 is 0. The van der Waals surface area contributed by atoms with Gasteiger partial charge in [0, 0.05) is 56.5 Å². The Morgan fingerprint density at radius 3 is 2.71 bits per heavy atom. The van der Waals surface area contributed by atoms with Gasteiger partial charge < -0.3 is 9.80 Å². The summed E-state index contributed by atoms with van der Waals surface area (Å²) in [6.07, 6.45) is 3.81. The van der Waals surface area contributed by atoms with Crippen LogP contribution in [0.5, 0.6) is 0 Å². The molecule has 2 fully saturated rings. The van der Waals surface area contributed by atoms with Crippen molar-refractivity contribution in [2.24, 2.45) is 5.92 Å². The summed E-state index contributed by atoms with van der Waals surface area (Å²) in [5, 5.41) is 0. The first-order valence-corrected chi connectivity index (χ1v) is 8.43. The molecular weight excluding hydrogens is 286 g/mol. The number of amides is 2. The minimum atomic E-state index is -0.164. The van der Waals surface area contributed by atoms with Crippen molar-refractivity contribution in [1.82, 2.24) is 14.8 Å². The number of aromatic nitrogens is 1. The summed E-state index contributed by atoms with van der Waals surface area (Å²) in [7, 11) is 0. The van der Waals surface area contributed by atoms with Gasteiger partial charge in [0.15, 0.2) is 0 Å². The predicted octanol–water partition coefficient (Wildman–Crippen LogP) is 1.01. The van der Waals surface area contributed by atoms with Crippen molar-refractivity contribution in [2.45, 2.75) is 13.0 Å². The lowest BCUT2D eigenvalue weighted by Gasteiger charge is -2.28. The maximum Gasteiger partial charge on any atom is 0.228 e. The first kappa shape index (κ1) is 14.4. The van der Waals surface area contributed by atoms with Gasteiger partial charge in [-0.25, -0.2) is 0 Å². The van der Waals surface area contributed by atoms with Crippen LogP contribution in [0.1, 0.15) is 12.0 Å². The van der Waals surface area contributed by atoms with Crippen LogP contribution in [0.15, 0.2) is 24.5 Å². The lowest BCUT2D eigenvalue weighted by atomic mass is 10.1. The first-order chi connectivity index (χ1) is 10.2. The zero-order valence-electron chi connectivity index (χ0n) is 11.9. The molecule has 2 aliphatic heterocycles. The van der Waals surface area contributed by atoms with Crippen molar-refractivity contribution in [3.05, 3.63) is 30.1 Å².